The number of nitrogens with one attached hydrogen (secondary N) is 2. The van der Waals surface area contributed by atoms with Gasteiger partial charge < -0.3 is 24.1 Å². The number of hydroxylamine groups is 1. The Labute approximate surface area is 182 Å². The minimum Gasteiger partial charge on any atom is -0.505 e. The van der Waals surface area contributed by atoms with E-state index < -0.39 is 35.8 Å². The van der Waals surface area contributed by atoms with Crippen LogP contribution in [0.5, 0.6) is 17.2 Å². The van der Waals surface area contributed by atoms with Crippen LogP contribution in [-0.4, -0.2) is 41.8 Å². The Kier molecular flexibility index (Phi) is 7.47. The number of hydrogen-bond acceptors (Lipinski definition) is 8. The van der Waals surface area contributed by atoms with Gasteiger partial charge in [-0.2, -0.15) is 0 Å². The molecule has 0 saturated carbocycles. The maximum Gasteiger partial charge on any atom is 0.412 e. The average molecular weight is 448 g/mol. The highest BCUT2D eigenvalue weighted by Gasteiger charge is 2.27. The van der Waals surface area contributed by atoms with Crippen LogP contribution in [-0.2, 0) is 14.3 Å². The average Bonchev–Trinajstić information content (AvgIpc) is 3.24. The molecule has 0 aromatic heterocycles. The molecule has 0 radical (unpaired) electrons. The topological polar surface area (TPSA) is 136 Å². The molecule has 170 valence electrons. The van der Waals surface area contributed by atoms with Crippen molar-refractivity contribution in [2.75, 3.05) is 18.7 Å². The fraction of sp³-hybridized carbons (Fsp3) is 0.238. The Hall–Kier alpha value is -3.83. The number of phenolic OH excluding ortho intramolecular Hbond substituents is 1. The number of hydrogen-bond donors (Lipinski definition) is 4. The number of carbonyl (C=O) groups excluding carboxylic acids is 2. The van der Waals surface area contributed by atoms with Crippen molar-refractivity contribution in [3.8, 4) is 17.2 Å². The summed E-state index contributed by atoms with van der Waals surface area (Å²) in [6.07, 6.45) is -0.903. The van der Waals surface area contributed by atoms with E-state index in [1.807, 2.05) is 0 Å². The number of aromatic hydroxyl groups is 1. The third kappa shape index (κ3) is 5.65. The highest BCUT2D eigenvalue weighted by Crippen LogP contribution is 2.34. The molecule has 3 rings (SSSR count). The molecule has 4 N–H and O–H groups in total. The zero-order valence-electron chi connectivity index (χ0n) is 16.9. The summed E-state index contributed by atoms with van der Waals surface area (Å²) in [5, 5.41) is 20.7. The SMILES string of the molecule is CCO[C@H](/C=C/C(=O)NO)[C@H](OC(=O)Nc1ccc2c(c1)OCO2)c1ccc(O)c(F)c1. The predicted octanol–water partition coefficient (Wildman–Crippen LogP) is 3.02. The van der Waals surface area contributed by atoms with Gasteiger partial charge in [0.05, 0.1) is 0 Å². The molecule has 0 saturated heterocycles. The molecule has 0 spiro atoms. The highest BCUT2D eigenvalue weighted by molar-refractivity contribution is 5.87. The molecule has 2 amide bonds. The minimum atomic E-state index is -1.21. The molecule has 1 heterocycles. The first kappa shape index (κ1) is 22.8. The minimum absolute atomic E-state index is 0.0709. The Morgan fingerprint density at radius 1 is 1.22 bits per heavy atom. The van der Waals surface area contributed by atoms with Gasteiger partial charge in [-0.1, -0.05) is 6.07 Å². The Morgan fingerprint density at radius 3 is 2.72 bits per heavy atom. The summed E-state index contributed by atoms with van der Waals surface area (Å²) in [4.78, 5) is 24.0. The van der Waals surface area contributed by atoms with Crippen molar-refractivity contribution in [1.82, 2.24) is 5.48 Å². The highest BCUT2D eigenvalue weighted by atomic mass is 19.1. The Morgan fingerprint density at radius 2 is 2.00 bits per heavy atom. The van der Waals surface area contributed by atoms with Gasteiger partial charge in [-0.25, -0.2) is 14.7 Å². The predicted molar refractivity (Wildman–Crippen MR) is 108 cm³/mol. The molecule has 1 aliphatic rings. The molecular weight excluding hydrogens is 427 g/mol. The van der Waals surface area contributed by atoms with Crippen molar-refractivity contribution >= 4 is 17.7 Å². The molecule has 2 aromatic carbocycles. The number of rotatable bonds is 8. The molecule has 0 bridgehead atoms. The molecular formula is C21H21FN2O8. The summed E-state index contributed by atoms with van der Waals surface area (Å²) in [6, 6.07) is 8.18. The van der Waals surface area contributed by atoms with E-state index in [2.05, 4.69) is 5.32 Å². The van der Waals surface area contributed by atoms with Gasteiger partial charge in [0.25, 0.3) is 5.91 Å². The number of benzene rings is 2. The number of fused-ring (bicyclic) bond motifs is 1. The second-order valence-corrected chi connectivity index (χ2v) is 6.48. The van der Waals surface area contributed by atoms with Gasteiger partial charge in [0.1, 0.15) is 6.10 Å². The first-order valence-corrected chi connectivity index (χ1v) is 9.50. The van der Waals surface area contributed by atoms with E-state index in [1.165, 1.54) is 17.6 Å². The maximum atomic E-state index is 14.0. The lowest BCUT2D eigenvalue weighted by Crippen LogP contribution is -2.28. The summed E-state index contributed by atoms with van der Waals surface area (Å²) in [5.74, 6) is -1.37. The monoisotopic (exact) mass is 448 g/mol. The van der Waals surface area contributed by atoms with E-state index in [1.54, 1.807) is 25.1 Å². The van der Waals surface area contributed by atoms with E-state index in [-0.39, 0.29) is 19.0 Å². The summed E-state index contributed by atoms with van der Waals surface area (Å²) in [7, 11) is 0. The molecule has 2 atom stereocenters. The van der Waals surface area contributed by atoms with Crippen molar-refractivity contribution in [2.45, 2.75) is 19.1 Å². The van der Waals surface area contributed by atoms with Crippen LogP contribution < -0.4 is 20.3 Å². The number of halogens is 1. The van der Waals surface area contributed by atoms with Crippen LogP contribution in [0.4, 0.5) is 14.9 Å². The standard InChI is InChI=1S/C21H21FN2O8/c1-2-29-17(7-8-19(26)24-28)20(12-3-5-15(25)14(22)9-12)32-21(27)23-13-4-6-16-18(10-13)31-11-30-16/h3-10,17,20,25,28H,2,11H2,1H3,(H,23,27)(H,24,26)/b8-7+/t17-,20-/m1/s1. The molecule has 0 fully saturated rings. The number of anilines is 1. The van der Waals surface area contributed by atoms with Gasteiger partial charge >= 0.3 is 6.09 Å². The first-order chi connectivity index (χ1) is 15.4. The van der Waals surface area contributed by atoms with Crippen LogP contribution in [0.15, 0.2) is 48.6 Å². The zero-order valence-corrected chi connectivity index (χ0v) is 16.9. The number of amides is 2. The van der Waals surface area contributed by atoms with Crippen molar-refractivity contribution in [3.05, 3.63) is 59.9 Å². The zero-order chi connectivity index (χ0) is 23.1. The second kappa shape index (κ2) is 10.5. The summed E-state index contributed by atoms with van der Waals surface area (Å²) in [6.45, 7) is 1.91. The Balaban J connectivity index is 1.84. The van der Waals surface area contributed by atoms with Crippen LogP contribution in [0.2, 0.25) is 0 Å². The quantitative estimate of drug-likeness (QED) is 0.275. The maximum absolute atomic E-state index is 14.0. The van der Waals surface area contributed by atoms with Crippen LogP contribution in [0.25, 0.3) is 0 Å². The smallest absolute Gasteiger partial charge is 0.412 e. The summed E-state index contributed by atoms with van der Waals surface area (Å²) in [5.41, 5.74) is 1.96. The molecule has 1 aliphatic heterocycles. The van der Waals surface area contributed by atoms with E-state index in [0.29, 0.717) is 17.2 Å². The van der Waals surface area contributed by atoms with Crippen LogP contribution in [0, 0.1) is 5.82 Å². The van der Waals surface area contributed by atoms with Crippen molar-refractivity contribution in [1.29, 1.82) is 0 Å². The van der Waals surface area contributed by atoms with Crippen molar-refractivity contribution in [3.63, 3.8) is 0 Å². The number of carbonyl (C=O) groups is 2. The normalized spacial score (nSPS) is 14.1. The molecule has 0 aliphatic carbocycles. The van der Waals surface area contributed by atoms with Crippen LogP contribution in [0.3, 0.4) is 0 Å². The van der Waals surface area contributed by atoms with E-state index in [4.69, 9.17) is 24.2 Å². The van der Waals surface area contributed by atoms with Gasteiger partial charge in [-0.3, -0.25) is 15.3 Å². The third-order valence-corrected chi connectivity index (χ3v) is 4.36. The van der Waals surface area contributed by atoms with Crippen LogP contribution >= 0.6 is 0 Å². The number of phenols is 1. The van der Waals surface area contributed by atoms with E-state index in [0.717, 1.165) is 18.2 Å². The lowest BCUT2D eigenvalue weighted by Gasteiger charge is -2.25. The van der Waals surface area contributed by atoms with Gasteiger partial charge in [0.15, 0.2) is 29.2 Å². The third-order valence-electron chi connectivity index (χ3n) is 4.36. The van der Waals surface area contributed by atoms with Crippen LogP contribution in [0.1, 0.15) is 18.6 Å². The second-order valence-electron chi connectivity index (χ2n) is 6.48. The van der Waals surface area contributed by atoms with E-state index in [9.17, 15) is 19.1 Å². The molecule has 2 aromatic rings. The van der Waals surface area contributed by atoms with E-state index >= 15 is 0 Å². The lowest BCUT2D eigenvalue weighted by molar-refractivity contribution is -0.124. The van der Waals surface area contributed by atoms with Crippen molar-refractivity contribution < 1.29 is 43.2 Å². The first-order valence-electron chi connectivity index (χ1n) is 9.50. The summed E-state index contributed by atoms with van der Waals surface area (Å²) < 4.78 is 35.5. The van der Waals surface area contributed by atoms with Crippen molar-refractivity contribution in [2.24, 2.45) is 0 Å². The van der Waals surface area contributed by atoms with Gasteiger partial charge in [-0.15, -0.1) is 0 Å². The summed E-state index contributed by atoms with van der Waals surface area (Å²) >= 11 is 0. The van der Waals surface area contributed by atoms with Gasteiger partial charge in [-0.05, 0) is 42.8 Å². The Bertz CT molecular complexity index is 1010. The largest absolute Gasteiger partial charge is 0.505 e. The molecule has 32 heavy (non-hydrogen) atoms. The fourth-order valence-corrected chi connectivity index (χ4v) is 2.92. The lowest BCUT2D eigenvalue weighted by atomic mass is 10.0. The number of ether oxygens (including phenoxy) is 4. The fourth-order valence-electron chi connectivity index (χ4n) is 2.92. The van der Waals surface area contributed by atoms with Gasteiger partial charge in [0.2, 0.25) is 6.79 Å². The molecule has 10 nitrogen and oxygen atoms in total. The molecule has 11 heteroatoms. The van der Waals surface area contributed by atoms with Gasteiger partial charge in [0, 0.05) is 24.4 Å². The molecule has 0 unspecified atom stereocenters.